The molecule has 0 unspecified atom stereocenters. The molecule has 0 saturated carbocycles. The van der Waals surface area contributed by atoms with Crippen molar-refractivity contribution in [2.24, 2.45) is 10.7 Å². The quantitative estimate of drug-likeness (QED) is 0.603. The van der Waals surface area contributed by atoms with Crippen LogP contribution >= 0.6 is 11.8 Å². The Bertz CT molecular complexity index is 677. The number of benzene rings is 1. The summed E-state index contributed by atoms with van der Waals surface area (Å²) < 4.78 is 52.1. The molecule has 10 heteroatoms. The summed E-state index contributed by atoms with van der Waals surface area (Å²) in [4.78, 5) is 3.85. The van der Waals surface area contributed by atoms with Gasteiger partial charge in [-0.25, -0.2) is 21.5 Å². The molecule has 23 heavy (non-hydrogen) atoms. The van der Waals surface area contributed by atoms with Gasteiger partial charge < -0.3 is 11.1 Å². The van der Waals surface area contributed by atoms with Gasteiger partial charge in [-0.1, -0.05) is 0 Å². The maximum absolute atomic E-state index is 13.4. The Morgan fingerprint density at radius 3 is 2.74 bits per heavy atom. The van der Waals surface area contributed by atoms with E-state index in [4.69, 9.17) is 5.73 Å². The molecule has 0 atom stereocenters. The Morgan fingerprint density at radius 2 is 2.04 bits per heavy atom. The number of guanidine groups is 1. The van der Waals surface area contributed by atoms with Gasteiger partial charge in [0.2, 0.25) is 10.0 Å². The second kappa shape index (κ2) is 7.93. The van der Waals surface area contributed by atoms with Gasteiger partial charge >= 0.3 is 0 Å². The van der Waals surface area contributed by atoms with Gasteiger partial charge in [-0.05, 0) is 12.1 Å². The summed E-state index contributed by atoms with van der Waals surface area (Å²) in [5.74, 6) is -0.0731. The second-order valence-corrected chi connectivity index (χ2v) is 8.16. The van der Waals surface area contributed by atoms with E-state index in [9.17, 15) is 17.2 Å². The van der Waals surface area contributed by atoms with Gasteiger partial charge in [-0.3, -0.25) is 4.99 Å². The monoisotopic (exact) mass is 364 g/mol. The molecule has 1 aromatic carbocycles. The third kappa shape index (κ3) is 5.33. The fraction of sp³-hybridized carbons (Fsp3) is 0.462. The number of nitrogens with one attached hydrogen (secondary N) is 1. The van der Waals surface area contributed by atoms with Gasteiger partial charge in [0.25, 0.3) is 0 Å². The van der Waals surface area contributed by atoms with E-state index >= 15 is 0 Å². The number of aliphatic imine (C=N–C) groups is 1. The van der Waals surface area contributed by atoms with Crippen molar-refractivity contribution < 1.29 is 17.2 Å². The Hall–Kier alpha value is -1.39. The van der Waals surface area contributed by atoms with E-state index in [0.717, 1.165) is 29.7 Å². The minimum Gasteiger partial charge on any atom is -0.370 e. The molecule has 1 saturated heterocycles. The van der Waals surface area contributed by atoms with Crippen molar-refractivity contribution in [3.8, 4) is 0 Å². The standard InChI is InChI=1S/C13H18F2N4O2S2/c14-10-1-2-11(15)12(9-10)18-13(16)17-3-8-23(20,21)19-4-6-22-7-5-19/h1-2,9H,3-8H2,(H3,16,17,18). The number of hydrogen-bond donors (Lipinski definition) is 2. The van der Waals surface area contributed by atoms with Gasteiger partial charge in [0.05, 0.1) is 18.0 Å². The number of nitrogens with zero attached hydrogens (tertiary/aromatic N) is 2. The maximum Gasteiger partial charge on any atom is 0.215 e. The highest BCUT2D eigenvalue weighted by molar-refractivity contribution is 7.99. The number of thioether (sulfide) groups is 1. The van der Waals surface area contributed by atoms with Gasteiger partial charge in [0.1, 0.15) is 11.6 Å². The molecule has 0 amide bonds. The molecule has 1 fully saturated rings. The SMILES string of the molecule is NC(=NCCS(=O)(=O)N1CCSCC1)Nc1cc(F)ccc1F. The third-order valence-corrected chi connectivity index (χ3v) is 5.98. The van der Waals surface area contributed by atoms with Crippen molar-refractivity contribution >= 4 is 33.4 Å². The number of sulfonamides is 1. The lowest BCUT2D eigenvalue weighted by molar-refractivity contribution is 0.444. The van der Waals surface area contributed by atoms with Crippen LogP contribution in [0.3, 0.4) is 0 Å². The van der Waals surface area contributed by atoms with E-state index in [1.807, 2.05) is 0 Å². The van der Waals surface area contributed by atoms with E-state index < -0.39 is 21.7 Å². The molecule has 1 aliphatic heterocycles. The molecule has 128 valence electrons. The summed E-state index contributed by atoms with van der Waals surface area (Å²) in [5, 5.41) is 2.42. The number of halogens is 2. The van der Waals surface area contributed by atoms with Crippen molar-refractivity contribution in [3.63, 3.8) is 0 Å². The number of nitrogens with two attached hydrogens (primary N) is 1. The van der Waals surface area contributed by atoms with Crippen LogP contribution in [0.5, 0.6) is 0 Å². The lowest BCUT2D eigenvalue weighted by Crippen LogP contribution is -2.40. The first-order valence-corrected chi connectivity index (χ1v) is 9.72. The average Bonchev–Trinajstić information content (AvgIpc) is 2.51. The molecule has 3 N–H and O–H groups in total. The number of hydrogen-bond acceptors (Lipinski definition) is 4. The van der Waals surface area contributed by atoms with Crippen molar-refractivity contribution in [1.29, 1.82) is 0 Å². The third-order valence-electron chi connectivity index (χ3n) is 3.19. The largest absolute Gasteiger partial charge is 0.370 e. The van der Waals surface area contributed by atoms with Crippen LogP contribution in [0.15, 0.2) is 23.2 Å². The van der Waals surface area contributed by atoms with E-state index in [1.54, 1.807) is 11.8 Å². The molecular weight excluding hydrogens is 346 g/mol. The van der Waals surface area contributed by atoms with E-state index in [-0.39, 0.29) is 23.9 Å². The highest BCUT2D eigenvalue weighted by Gasteiger charge is 2.23. The maximum atomic E-state index is 13.4. The van der Waals surface area contributed by atoms with Crippen LogP contribution in [-0.4, -0.2) is 55.6 Å². The number of anilines is 1. The summed E-state index contributed by atoms with van der Waals surface area (Å²) in [6.07, 6.45) is 0. The zero-order valence-electron chi connectivity index (χ0n) is 12.3. The Morgan fingerprint density at radius 1 is 1.35 bits per heavy atom. The molecule has 0 spiro atoms. The van der Waals surface area contributed by atoms with Crippen LogP contribution in [0, 0.1) is 11.6 Å². The van der Waals surface area contributed by atoms with E-state index in [0.29, 0.717) is 13.1 Å². The smallest absolute Gasteiger partial charge is 0.215 e. The van der Waals surface area contributed by atoms with Gasteiger partial charge in [-0.15, -0.1) is 0 Å². The molecule has 6 nitrogen and oxygen atoms in total. The summed E-state index contributed by atoms with van der Waals surface area (Å²) in [6.45, 7) is 0.944. The van der Waals surface area contributed by atoms with E-state index in [2.05, 4.69) is 10.3 Å². The fourth-order valence-electron chi connectivity index (χ4n) is 2.01. The predicted octanol–water partition coefficient (Wildman–Crippen LogP) is 1.07. The Balaban J connectivity index is 1.90. The molecule has 0 aliphatic carbocycles. The summed E-state index contributed by atoms with van der Waals surface area (Å²) >= 11 is 1.72. The first-order valence-electron chi connectivity index (χ1n) is 6.96. The Labute approximate surface area is 138 Å². The minimum absolute atomic E-state index is 0.0538. The van der Waals surface area contributed by atoms with Crippen LogP contribution in [0.2, 0.25) is 0 Å². The van der Waals surface area contributed by atoms with Gasteiger partial charge in [-0.2, -0.15) is 11.8 Å². The molecular formula is C13H18F2N4O2S2. The van der Waals surface area contributed by atoms with Crippen molar-refractivity contribution in [1.82, 2.24) is 4.31 Å². The van der Waals surface area contributed by atoms with Crippen LogP contribution in [0.25, 0.3) is 0 Å². The first kappa shape index (κ1) is 18.0. The summed E-state index contributed by atoms with van der Waals surface area (Å²) in [7, 11) is -3.37. The summed E-state index contributed by atoms with van der Waals surface area (Å²) in [5.41, 5.74) is 5.42. The molecule has 1 heterocycles. The fourth-order valence-corrected chi connectivity index (χ4v) is 4.46. The lowest BCUT2D eigenvalue weighted by Gasteiger charge is -2.25. The zero-order valence-corrected chi connectivity index (χ0v) is 14.0. The highest BCUT2D eigenvalue weighted by atomic mass is 32.2. The highest BCUT2D eigenvalue weighted by Crippen LogP contribution is 2.15. The molecule has 0 bridgehead atoms. The number of rotatable bonds is 5. The zero-order chi connectivity index (χ0) is 16.9. The molecule has 2 rings (SSSR count). The summed E-state index contributed by atoms with van der Waals surface area (Å²) in [6, 6.07) is 2.89. The van der Waals surface area contributed by atoms with Crippen LogP contribution < -0.4 is 11.1 Å². The Kier molecular flexibility index (Phi) is 6.19. The lowest BCUT2D eigenvalue weighted by atomic mass is 10.3. The molecule has 0 radical (unpaired) electrons. The predicted molar refractivity (Wildman–Crippen MR) is 89.2 cm³/mol. The van der Waals surface area contributed by atoms with Crippen molar-refractivity contribution in [2.75, 3.05) is 42.2 Å². The van der Waals surface area contributed by atoms with Crippen LogP contribution in [0.4, 0.5) is 14.5 Å². The van der Waals surface area contributed by atoms with Crippen molar-refractivity contribution in [2.45, 2.75) is 0 Å². The molecule has 0 aromatic heterocycles. The van der Waals surface area contributed by atoms with Crippen LogP contribution in [-0.2, 0) is 10.0 Å². The molecule has 1 aliphatic rings. The second-order valence-electron chi connectivity index (χ2n) is 4.84. The van der Waals surface area contributed by atoms with E-state index in [1.165, 1.54) is 4.31 Å². The van der Waals surface area contributed by atoms with Gasteiger partial charge in [0, 0.05) is 30.7 Å². The van der Waals surface area contributed by atoms with Crippen molar-refractivity contribution in [3.05, 3.63) is 29.8 Å². The van der Waals surface area contributed by atoms with Gasteiger partial charge in [0.15, 0.2) is 5.96 Å². The molecule has 1 aromatic rings. The topological polar surface area (TPSA) is 87.8 Å². The minimum atomic E-state index is -3.37. The normalized spacial score (nSPS) is 17.2. The average molecular weight is 364 g/mol. The van der Waals surface area contributed by atoms with Crippen LogP contribution in [0.1, 0.15) is 0 Å². The first-order chi connectivity index (χ1) is 10.9.